The Balaban J connectivity index is 1.61. The molecular formula is C15H15N5O3S. The number of ether oxygens (including phenoxy) is 1. The zero-order valence-corrected chi connectivity index (χ0v) is 14.0. The van der Waals surface area contributed by atoms with Crippen LogP contribution in [0.5, 0.6) is 0 Å². The first-order valence-electron chi connectivity index (χ1n) is 7.62. The lowest BCUT2D eigenvalue weighted by molar-refractivity contribution is 0.102. The smallest absolute Gasteiger partial charge is 0.258 e. The van der Waals surface area contributed by atoms with Crippen molar-refractivity contribution in [3.63, 3.8) is 0 Å². The maximum atomic E-state index is 12.7. The molecule has 0 bridgehead atoms. The maximum absolute atomic E-state index is 12.7. The fourth-order valence-corrected chi connectivity index (χ4v) is 3.57. The molecule has 8 nitrogen and oxygen atoms in total. The highest BCUT2D eigenvalue weighted by atomic mass is 32.1. The van der Waals surface area contributed by atoms with Crippen molar-refractivity contribution in [3.05, 3.63) is 28.0 Å². The number of carbonyl (C=O) groups is 1. The van der Waals surface area contributed by atoms with E-state index in [4.69, 9.17) is 9.26 Å². The van der Waals surface area contributed by atoms with Gasteiger partial charge in [-0.1, -0.05) is 16.5 Å². The molecule has 4 rings (SSSR count). The summed E-state index contributed by atoms with van der Waals surface area (Å²) in [5.41, 5.74) is 2.13. The average Bonchev–Trinajstić information content (AvgIpc) is 3.27. The van der Waals surface area contributed by atoms with Gasteiger partial charge in [-0.3, -0.25) is 10.1 Å². The standard InChI is InChI=1S/C15H15N5O3S/c1-7-6-9(11-8(2)20-23-13(11)16-7)12(21)17-15-19-18-14(24-15)10-4-3-5-22-10/h6,10H,3-5H2,1-2H3,(H,17,19,21)/t10-/m0/s1. The number of rotatable bonds is 3. The van der Waals surface area contributed by atoms with E-state index in [0.717, 1.165) is 24.5 Å². The Morgan fingerprint density at radius 2 is 2.25 bits per heavy atom. The monoisotopic (exact) mass is 345 g/mol. The van der Waals surface area contributed by atoms with Crippen molar-refractivity contribution >= 4 is 33.5 Å². The second kappa shape index (κ2) is 5.91. The zero-order valence-electron chi connectivity index (χ0n) is 13.2. The summed E-state index contributed by atoms with van der Waals surface area (Å²) in [7, 11) is 0. The van der Waals surface area contributed by atoms with Gasteiger partial charge in [-0.15, -0.1) is 10.2 Å². The number of fused-ring (bicyclic) bond motifs is 1. The van der Waals surface area contributed by atoms with Gasteiger partial charge in [0, 0.05) is 12.3 Å². The van der Waals surface area contributed by atoms with Gasteiger partial charge in [0.05, 0.1) is 16.6 Å². The van der Waals surface area contributed by atoms with Crippen molar-refractivity contribution in [2.45, 2.75) is 32.8 Å². The maximum Gasteiger partial charge on any atom is 0.258 e. The lowest BCUT2D eigenvalue weighted by Crippen LogP contribution is -2.13. The van der Waals surface area contributed by atoms with Gasteiger partial charge in [0.15, 0.2) is 0 Å². The predicted molar refractivity (Wildman–Crippen MR) is 87.1 cm³/mol. The van der Waals surface area contributed by atoms with Gasteiger partial charge in [0.1, 0.15) is 11.1 Å². The molecule has 3 aromatic rings. The van der Waals surface area contributed by atoms with Gasteiger partial charge >= 0.3 is 0 Å². The molecule has 124 valence electrons. The predicted octanol–water partition coefficient (Wildman–Crippen LogP) is 2.79. The molecule has 0 aromatic carbocycles. The number of aryl methyl sites for hydroxylation is 2. The Morgan fingerprint density at radius 3 is 3.04 bits per heavy atom. The summed E-state index contributed by atoms with van der Waals surface area (Å²) in [6.07, 6.45) is 1.95. The second-order valence-electron chi connectivity index (χ2n) is 5.66. The number of pyridine rings is 1. The highest BCUT2D eigenvalue weighted by Crippen LogP contribution is 2.32. The normalized spacial score (nSPS) is 17.5. The summed E-state index contributed by atoms with van der Waals surface area (Å²) in [6.45, 7) is 4.32. The van der Waals surface area contributed by atoms with Gasteiger partial charge in [-0.2, -0.15) is 0 Å². The molecule has 1 aliphatic rings. The van der Waals surface area contributed by atoms with Crippen LogP contribution in [0.4, 0.5) is 5.13 Å². The van der Waals surface area contributed by atoms with Crippen LogP contribution < -0.4 is 5.32 Å². The summed E-state index contributed by atoms with van der Waals surface area (Å²) in [5.74, 6) is -0.285. The Bertz CT molecular complexity index is 913. The van der Waals surface area contributed by atoms with E-state index in [1.807, 2.05) is 0 Å². The summed E-state index contributed by atoms with van der Waals surface area (Å²) in [4.78, 5) is 16.9. The zero-order chi connectivity index (χ0) is 16.7. The fourth-order valence-electron chi connectivity index (χ4n) is 2.75. The minimum atomic E-state index is -0.285. The van der Waals surface area contributed by atoms with Crippen LogP contribution in [-0.2, 0) is 4.74 Å². The summed E-state index contributed by atoms with van der Waals surface area (Å²) >= 11 is 1.34. The Hall–Kier alpha value is -2.39. The SMILES string of the molecule is Cc1cc(C(=O)Nc2nnc([C@@H]3CCCO3)s2)c2c(C)noc2n1. The molecule has 4 heterocycles. The number of nitrogens with one attached hydrogen (secondary N) is 1. The van der Waals surface area contributed by atoms with Crippen LogP contribution in [0.15, 0.2) is 10.6 Å². The van der Waals surface area contributed by atoms with Gasteiger partial charge in [0.25, 0.3) is 11.6 Å². The van der Waals surface area contributed by atoms with Crippen molar-refractivity contribution in [3.8, 4) is 0 Å². The minimum Gasteiger partial charge on any atom is -0.371 e. The van der Waals surface area contributed by atoms with Crippen LogP contribution in [0.2, 0.25) is 0 Å². The first-order valence-corrected chi connectivity index (χ1v) is 8.43. The van der Waals surface area contributed by atoms with Gasteiger partial charge in [-0.25, -0.2) is 4.98 Å². The van der Waals surface area contributed by atoms with E-state index in [1.165, 1.54) is 11.3 Å². The van der Waals surface area contributed by atoms with Crippen LogP contribution in [0.3, 0.4) is 0 Å². The minimum absolute atomic E-state index is 0.0108. The molecule has 3 aromatic heterocycles. The number of carbonyl (C=O) groups excluding carboxylic acids is 1. The number of hydrogen-bond donors (Lipinski definition) is 1. The topological polar surface area (TPSA) is 103 Å². The number of hydrogen-bond acceptors (Lipinski definition) is 8. The largest absolute Gasteiger partial charge is 0.371 e. The van der Waals surface area contributed by atoms with Crippen LogP contribution in [0.1, 0.15) is 45.7 Å². The second-order valence-corrected chi connectivity index (χ2v) is 6.67. The lowest BCUT2D eigenvalue weighted by Gasteiger charge is -2.04. The number of amides is 1. The Morgan fingerprint density at radius 1 is 1.38 bits per heavy atom. The molecule has 1 fully saturated rings. The molecule has 0 spiro atoms. The van der Waals surface area contributed by atoms with Crippen LogP contribution in [0, 0.1) is 13.8 Å². The van der Waals surface area contributed by atoms with Crippen molar-refractivity contribution in [1.29, 1.82) is 0 Å². The quantitative estimate of drug-likeness (QED) is 0.778. The van der Waals surface area contributed by atoms with Crippen molar-refractivity contribution in [1.82, 2.24) is 20.3 Å². The van der Waals surface area contributed by atoms with E-state index in [1.54, 1.807) is 19.9 Å². The lowest BCUT2D eigenvalue weighted by atomic mass is 10.1. The molecule has 1 atom stereocenters. The Kier molecular flexibility index (Phi) is 3.73. The molecular weight excluding hydrogens is 330 g/mol. The molecule has 1 aliphatic heterocycles. The molecule has 1 amide bonds. The fraction of sp³-hybridized carbons (Fsp3) is 0.400. The highest BCUT2D eigenvalue weighted by molar-refractivity contribution is 7.15. The van der Waals surface area contributed by atoms with Crippen LogP contribution in [0.25, 0.3) is 11.1 Å². The molecule has 0 radical (unpaired) electrons. The van der Waals surface area contributed by atoms with Crippen molar-refractivity contribution in [2.24, 2.45) is 0 Å². The number of nitrogens with zero attached hydrogens (tertiary/aromatic N) is 4. The molecule has 0 aliphatic carbocycles. The van der Waals surface area contributed by atoms with Gasteiger partial charge in [-0.05, 0) is 32.8 Å². The van der Waals surface area contributed by atoms with E-state index in [2.05, 4.69) is 25.7 Å². The summed E-state index contributed by atoms with van der Waals surface area (Å²) in [6, 6.07) is 1.71. The van der Waals surface area contributed by atoms with E-state index in [0.29, 0.717) is 33.2 Å². The average molecular weight is 345 g/mol. The third-order valence-electron chi connectivity index (χ3n) is 3.86. The Labute approximate surface area is 141 Å². The molecule has 1 N–H and O–H groups in total. The molecule has 0 saturated carbocycles. The van der Waals surface area contributed by atoms with E-state index in [-0.39, 0.29) is 12.0 Å². The highest BCUT2D eigenvalue weighted by Gasteiger charge is 2.23. The molecule has 1 saturated heterocycles. The summed E-state index contributed by atoms with van der Waals surface area (Å²) < 4.78 is 10.7. The van der Waals surface area contributed by atoms with E-state index >= 15 is 0 Å². The molecule has 0 unspecified atom stereocenters. The number of anilines is 1. The first kappa shape index (κ1) is 15.2. The van der Waals surface area contributed by atoms with Crippen molar-refractivity contribution in [2.75, 3.05) is 11.9 Å². The van der Waals surface area contributed by atoms with Gasteiger partial charge < -0.3 is 9.26 Å². The molecule has 9 heteroatoms. The summed E-state index contributed by atoms with van der Waals surface area (Å²) in [5, 5.41) is 16.7. The first-order chi connectivity index (χ1) is 11.6. The number of aromatic nitrogens is 4. The van der Waals surface area contributed by atoms with Gasteiger partial charge in [0.2, 0.25) is 5.13 Å². The third kappa shape index (κ3) is 2.65. The third-order valence-corrected chi connectivity index (χ3v) is 4.79. The van der Waals surface area contributed by atoms with Crippen molar-refractivity contribution < 1.29 is 14.1 Å². The van der Waals surface area contributed by atoms with E-state index < -0.39 is 0 Å². The van der Waals surface area contributed by atoms with E-state index in [9.17, 15) is 4.79 Å². The van der Waals surface area contributed by atoms with Crippen LogP contribution in [-0.4, -0.2) is 32.9 Å². The molecule has 24 heavy (non-hydrogen) atoms. The van der Waals surface area contributed by atoms with Crippen LogP contribution >= 0.6 is 11.3 Å².